The molecule has 162 valence electrons. The van der Waals surface area contributed by atoms with Crippen LogP contribution in [0.25, 0.3) is 0 Å². The molecule has 0 saturated carbocycles. The van der Waals surface area contributed by atoms with Crippen LogP contribution in [0.3, 0.4) is 0 Å². The van der Waals surface area contributed by atoms with Crippen molar-refractivity contribution in [3.05, 3.63) is 35.9 Å². The molecule has 2 aromatic rings. The zero-order chi connectivity index (χ0) is 22.4. The van der Waals surface area contributed by atoms with Crippen molar-refractivity contribution in [3.8, 4) is 17.7 Å². The fraction of sp³-hybridized carbons (Fsp3) is 0.316. The largest absolute Gasteiger partial charge is 0.471 e. The van der Waals surface area contributed by atoms with E-state index in [2.05, 4.69) is 32.1 Å². The molecule has 0 radical (unpaired) electrons. The highest BCUT2D eigenvalue weighted by molar-refractivity contribution is 5.97. The van der Waals surface area contributed by atoms with Crippen LogP contribution in [0.1, 0.15) is 24.6 Å². The van der Waals surface area contributed by atoms with Crippen LogP contribution in [0.5, 0.6) is 5.88 Å². The molecule has 31 heavy (non-hydrogen) atoms. The van der Waals surface area contributed by atoms with E-state index in [0.717, 1.165) is 6.33 Å². The van der Waals surface area contributed by atoms with Crippen molar-refractivity contribution >= 4 is 23.3 Å². The number of ether oxygens (including phenoxy) is 2. The lowest BCUT2D eigenvalue weighted by Crippen LogP contribution is -2.31. The van der Waals surface area contributed by atoms with Gasteiger partial charge in [0.25, 0.3) is 0 Å². The van der Waals surface area contributed by atoms with Gasteiger partial charge in [-0.2, -0.15) is 18.2 Å². The first kappa shape index (κ1) is 22.0. The minimum atomic E-state index is -5.13. The summed E-state index contributed by atoms with van der Waals surface area (Å²) in [5, 5.41) is 4.23. The van der Waals surface area contributed by atoms with Crippen molar-refractivity contribution < 1.29 is 32.2 Å². The molecule has 0 aromatic carbocycles. The van der Waals surface area contributed by atoms with Gasteiger partial charge < -0.3 is 20.1 Å². The number of amides is 2. The predicted molar refractivity (Wildman–Crippen MR) is 101 cm³/mol. The number of hydrogen-bond acceptors (Lipinski definition) is 7. The molecule has 1 fully saturated rings. The van der Waals surface area contributed by atoms with Gasteiger partial charge in [-0.15, -0.1) is 0 Å². The summed E-state index contributed by atoms with van der Waals surface area (Å²) in [6, 6.07) is 3.00. The monoisotopic (exact) mass is 435 g/mol. The quantitative estimate of drug-likeness (QED) is 0.705. The summed E-state index contributed by atoms with van der Waals surface area (Å²) in [4.78, 5) is 34.3. The fourth-order valence-electron chi connectivity index (χ4n) is 2.50. The SMILES string of the molecule is CC(=O)Nc1cc(C#Cc2ncnc(O[C@H]3CCOC3)c2NC(=O)C(F)(F)F)ccn1. The summed E-state index contributed by atoms with van der Waals surface area (Å²) in [6.07, 6.45) is -2.59. The highest BCUT2D eigenvalue weighted by atomic mass is 19.4. The highest BCUT2D eigenvalue weighted by Gasteiger charge is 2.40. The fourth-order valence-corrected chi connectivity index (χ4v) is 2.50. The maximum atomic E-state index is 12.8. The molecule has 0 spiro atoms. The zero-order valence-corrected chi connectivity index (χ0v) is 16.1. The molecular formula is C19H16F3N5O4. The van der Waals surface area contributed by atoms with Gasteiger partial charge in [0.2, 0.25) is 11.8 Å². The normalized spacial score (nSPS) is 15.5. The van der Waals surface area contributed by atoms with E-state index >= 15 is 0 Å². The van der Waals surface area contributed by atoms with E-state index in [4.69, 9.17) is 9.47 Å². The van der Waals surface area contributed by atoms with Gasteiger partial charge >= 0.3 is 12.1 Å². The lowest BCUT2D eigenvalue weighted by Gasteiger charge is -2.16. The second-order valence-corrected chi connectivity index (χ2v) is 6.32. The smallest absolute Gasteiger partial charge is 0.470 e. The summed E-state index contributed by atoms with van der Waals surface area (Å²) in [5.74, 6) is 2.76. The second-order valence-electron chi connectivity index (χ2n) is 6.32. The Balaban J connectivity index is 1.95. The van der Waals surface area contributed by atoms with E-state index in [1.54, 1.807) is 5.32 Å². The maximum absolute atomic E-state index is 12.8. The van der Waals surface area contributed by atoms with Gasteiger partial charge in [-0.3, -0.25) is 9.59 Å². The van der Waals surface area contributed by atoms with Crippen LogP contribution in [0.15, 0.2) is 24.7 Å². The number of halogens is 3. The van der Waals surface area contributed by atoms with Crippen LogP contribution in [-0.4, -0.2) is 52.3 Å². The summed E-state index contributed by atoms with van der Waals surface area (Å²) in [7, 11) is 0. The average molecular weight is 435 g/mol. The molecule has 9 nitrogen and oxygen atoms in total. The third-order valence-electron chi connectivity index (χ3n) is 3.86. The number of anilines is 2. The molecule has 2 N–H and O–H groups in total. The first-order chi connectivity index (χ1) is 14.7. The molecule has 12 heteroatoms. The van der Waals surface area contributed by atoms with Gasteiger partial charge in [0.05, 0.1) is 13.2 Å². The number of alkyl halides is 3. The van der Waals surface area contributed by atoms with Gasteiger partial charge in [-0.1, -0.05) is 5.92 Å². The minimum absolute atomic E-state index is 0.181. The Labute approximate surface area is 174 Å². The Morgan fingerprint density at radius 2 is 2.03 bits per heavy atom. The number of aromatic nitrogens is 3. The van der Waals surface area contributed by atoms with Gasteiger partial charge in [-0.25, -0.2) is 9.97 Å². The van der Waals surface area contributed by atoms with Crippen LogP contribution in [-0.2, 0) is 14.3 Å². The number of carbonyl (C=O) groups excluding carboxylic acids is 2. The molecule has 3 rings (SSSR count). The Kier molecular flexibility index (Phi) is 6.66. The van der Waals surface area contributed by atoms with Gasteiger partial charge in [0, 0.05) is 25.1 Å². The summed E-state index contributed by atoms with van der Waals surface area (Å²) >= 11 is 0. The summed E-state index contributed by atoms with van der Waals surface area (Å²) in [5.41, 5.74) is -0.183. The molecular weight excluding hydrogens is 419 g/mol. The van der Waals surface area contributed by atoms with Crippen LogP contribution in [0.4, 0.5) is 24.7 Å². The van der Waals surface area contributed by atoms with E-state index < -0.39 is 23.9 Å². The average Bonchev–Trinajstić information content (AvgIpc) is 3.20. The van der Waals surface area contributed by atoms with Crippen molar-refractivity contribution in [1.29, 1.82) is 0 Å². The first-order valence-electron chi connectivity index (χ1n) is 8.95. The number of carbonyl (C=O) groups is 2. The molecule has 3 heterocycles. The zero-order valence-electron chi connectivity index (χ0n) is 16.1. The Hall–Kier alpha value is -3.72. The van der Waals surface area contributed by atoms with E-state index in [0.29, 0.717) is 18.6 Å². The van der Waals surface area contributed by atoms with Crippen molar-refractivity contribution in [1.82, 2.24) is 15.0 Å². The lowest BCUT2D eigenvalue weighted by molar-refractivity contribution is -0.167. The molecule has 0 bridgehead atoms. The number of hydrogen-bond donors (Lipinski definition) is 2. The number of rotatable bonds is 4. The lowest BCUT2D eigenvalue weighted by atomic mass is 10.2. The molecule has 1 aliphatic heterocycles. The van der Waals surface area contributed by atoms with Crippen LogP contribution in [0, 0.1) is 11.8 Å². The highest BCUT2D eigenvalue weighted by Crippen LogP contribution is 2.28. The first-order valence-corrected chi connectivity index (χ1v) is 8.95. The van der Waals surface area contributed by atoms with Crippen molar-refractivity contribution in [2.75, 3.05) is 23.8 Å². The molecule has 0 unspecified atom stereocenters. The topological polar surface area (TPSA) is 115 Å². The number of nitrogens with zero attached hydrogens (tertiary/aromatic N) is 3. The molecule has 2 amide bonds. The molecule has 1 aliphatic rings. The molecule has 1 atom stereocenters. The van der Waals surface area contributed by atoms with Gasteiger partial charge in [0.15, 0.2) is 0 Å². The second kappa shape index (κ2) is 9.40. The Morgan fingerprint density at radius 1 is 1.23 bits per heavy atom. The van der Waals surface area contributed by atoms with E-state index in [-0.39, 0.29) is 29.9 Å². The van der Waals surface area contributed by atoms with E-state index in [1.807, 2.05) is 0 Å². The van der Waals surface area contributed by atoms with Crippen LogP contribution >= 0.6 is 0 Å². The summed E-state index contributed by atoms with van der Waals surface area (Å²) < 4.78 is 49.2. The predicted octanol–water partition coefficient (Wildman–Crippen LogP) is 1.90. The van der Waals surface area contributed by atoms with Crippen molar-refractivity contribution in [2.24, 2.45) is 0 Å². The van der Waals surface area contributed by atoms with E-state index in [1.165, 1.54) is 25.3 Å². The van der Waals surface area contributed by atoms with Crippen molar-refractivity contribution in [2.45, 2.75) is 25.6 Å². The van der Waals surface area contributed by atoms with Crippen LogP contribution < -0.4 is 15.4 Å². The molecule has 0 aliphatic carbocycles. The Bertz CT molecular complexity index is 1040. The standard InChI is InChI=1S/C19H16F3N5O4/c1-11(28)26-15-8-12(4-6-23-15)2-3-14-16(27-18(29)19(20,21)22)17(25-10-24-14)31-13-5-7-30-9-13/h4,6,8,10,13H,5,7,9H2,1H3,(H,27,29)(H,23,26,28)/t13-/m0/s1. The maximum Gasteiger partial charge on any atom is 0.471 e. The van der Waals surface area contributed by atoms with Crippen molar-refractivity contribution in [3.63, 3.8) is 0 Å². The Morgan fingerprint density at radius 3 is 2.71 bits per heavy atom. The van der Waals surface area contributed by atoms with Gasteiger partial charge in [0.1, 0.15) is 29.6 Å². The molecule has 1 saturated heterocycles. The third kappa shape index (κ3) is 6.13. The number of pyridine rings is 1. The minimum Gasteiger partial charge on any atom is -0.470 e. The molecule has 2 aromatic heterocycles. The number of nitrogens with one attached hydrogen (secondary N) is 2. The van der Waals surface area contributed by atoms with Gasteiger partial charge in [-0.05, 0) is 18.1 Å². The third-order valence-corrected chi connectivity index (χ3v) is 3.86. The van der Waals surface area contributed by atoms with Crippen LogP contribution in [0.2, 0.25) is 0 Å². The summed E-state index contributed by atoms with van der Waals surface area (Å²) in [6.45, 7) is 1.99. The van der Waals surface area contributed by atoms with E-state index in [9.17, 15) is 22.8 Å².